The van der Waals surface area contributed by atoms with Crippen molar-refractivity contribution in [1.82, 2.24) is 10.2 Å². The number of nitrogens with one attached hydrogen (secondary N) is 1. The smallest absolute Gasteiger partial charge is 0.0712 e. The molecule has 1 aliphatic heterocycles. The highest BCUT2D eigenvalue weighted by Gasteiger charge is 2.14. The molecule has 4 nitrogen and oxygen atoms in total. The summed E-state index contributed by atoms with van der Waals surface area (Å²) < 4.78 is 11.1. The second kappa shape index (κ2) is 8.93. The number of nitrogens with zero attached hydrogens (tertiary/aromatic N) is 1. The van der Waals surface area contributed by atoms with Crippen molar-refractivity contribution in [2.75, 3.05) is 52.5 Å². The largest absolute Gasteiger partial charge is 0.380 e. The first-order valence-corrected chi connectivity index (χ1v) is 6.49. The Hall–Kier alpha value is -0.160. The van der Waals surface area contributed by atoms with Crippen LogP contribution in [0.5, 0.6) is 0 Å². The van der Waals surface area contributed by atoms with E-state index in [-0.39, 0.29) is 0 Å². The zero-order valence-corrected chi connectivity index (χ0v) is 10.7. The van der Waals surface area contributed by atoms with Crippen molar-refractivity contribution in [2.24, 2.45) is 0 Å². The van der Waals surface area contributed by atoms with Gasteiger partial charge < -0.3 is 19.7 Å². The molecule has 0 spiro atoms. The lowest BCUT2D eigenvalue weighted by Crippen LogP contribution is -2.40. The van der Waals surface area contributed by atoms with Gasteiger partial charge in [-0.1, -0.05) is 6.92 Å². The number of hydrogen-bond acceptors (Lipinski definition) is 4. The number of ether oxygens (including phenoxy) is 2. The predicted octanol–water partition coefficient (Wildman–Crippen LogP) is 0.723. The summed E-state index contributed by atoms with van der Waals surface area (Å²) in [7, 11) is 0. The SMILES string of the molecule is CCOCCN(CC)CCC1CNCCO1. The van der Waals surface area contributed by atoms with E-state index >= 15 is 0 Å². The fourth-order valence-corrected chi connectivity index (χ4v) is 1.90. The molecular formula is C12H26N2O2. The third-order valence-electron chi connectivity index (χ3n) is 2.97. The Balaban J connectivity index is 2.07. The highest BCUT2D eigenvalue weighted by Crippen LogP contribution is 2.03. The van der Waals surface area contributed by atoms with Gasteiger partial charge in [0.2, 0.25) is 0 Å². The molecule has 0 amide bonds. The van der Waals surface area contributed by atoms with Gasteiger partial charge >= 0.3 is 0 Å². The van der Waals surface area contributed by atoms with Crippen LogP contribution in [0.3, 0.4) is 0 Å². The van der Waals surface area contributed by atoms with Crippen LogP contribution in [0.25, 0.3) is 0 Å². The monoisotopic (exact) mass is 230 g/mol. The molecule has 1 heterocycles. The van der Waals surface area contributed by atoms with Gasteiger partial charge in [-0.15, -0.1) is 0 Å². The first-order chi connectivity index (χ1) is 7.86. The minimum atomic E-state index is 0.398. The van der Waals surface area contributed by atoms with Crippen LogP contribution in [-0.2, 0) is 9.47 Å². The molecule has 0 radical (unpaired) electrons. The van der Waals surface area contributed by atoms with E-state index in [9.17, 15) is 0 Å². The molecule has 1 fully saturated rings. The van der Waals surface area contributed by atoms with Gasteiger partial charge in [-0.25, -0.2) is 0 Å². The average Bonchev–Trinajstić information content (AvgIpc) is 2.35. The quantitative estimate of drug-likeness (QED) is 0.623. The summed E-state index contributed by atoms with van der Waals surface area (Å²) in [4.78, 5) is 2.42. The second-order valence-electron chi connectivity index (χ2n) is 4.12. The summed E-state index contributed by atoms with van der Waals surface area (Å²) in [6, 6.07) is 0. The van der Waals surface area contributed by atoms with Crippen molar-refractivity contribution < 1.29 is 9.47 Å². The maximum absolute atomic E-state index is 5.68. The molecule has 1 rings (SSSR count). The van der Waals surface area contributed by atoms with Crippen LogP contribution >= 0.6 is 0 Å². The van der Waals surface area contributed by atoms with E-state index < -0.39 is 0 Å². The lowest BCUT2D eigenvalue weighted by atomic mass is 10.2. The molecule has 1 saturated heterocycles. The van der Waals surface area contributed by atoms with E-state index in [1.807, 2.05) is 6.92 Å². The standard InChI is InChI=1S/C12H26N2O2/c1-3-14(8-10-15-4-2)7-5-12-11-13-6-9-16-12/h12-13H,3-11H2,1-2H3. The fourth-order valence-electron chi connectivity index (χ4n) is 1.90. The normalized spacial score (nSPS) is 21.6. The minimum absolute atomic E-state index is 0.398. The number of hydrogen-bond donors (Lipinski definition) is 1. The van der Waals surface area contributed by atoms with Crippen LogP contribution < -0.4 is 5.32 Å². The summed E-state index contributed by atoms with van der Waals surface area (Å²) in [5.41, 5.74) is 0. The van der Waals surface area contributed by atoms with Gasteiger partial charge in [-0.05, 0) is 19.9 Å². The molecule has 1 N–H and O–H groups in total. The third kappa shape index (κ3) is 5.80. The van der Waals surface area contributed by atoms with E-state index in [1.54, 1.807) is 0 Å². The van der Waals surface area contributed by atoms with E-state index in [1.165, 1.54) is 0 Å². The minimum Gasteiger partial charge on any atom is -0.380 e. The number of morpholine rings is 1. The van der Waals surface area contributed by atoms with Crippen LogP contribution in [0.4, 0.5) is 0 Å². The summed E-state index contributed by atoms with van der Waals surface area (Å²) in [5, 5.41) is 3.36. The van der Waals surface area contributed by atoms with Crippen LogP contribution in [0, 0.1) is 0 Å². The molecule has 4 heteroatoms. The molecule has 0 aliphatic carbocycles. The van der Waals surface area contributed by atoms with Crippen LogP contribution in [-0.4, -0.2) is 63.5 Å². The molecule has 1 aliphatic rings. The van der Waals surface area contributed by atoms with E-state index in [0.717, 1.165) is 59.0 Å². The van der Waals surface area contributed by atoms with Gasteiger partial charge in [-0.2, -0.15) is 0 Å². The molecule has 0 aromatic rings. The average molecular weight is 230 g/mol. The molecule has 0 bridgehead atoms. The molecule has 1 unspecified atom stereocenters. The van der Waals surface area contributed by atoms with Gasteiger partial charge in [0, 0.05) is 32.8 Å². The summed E-state index contributed by atoms with van der Waals surface area (Å²) in [6.07, 6.45) is 1.52. The Morgan fingerprint density at radius 1 is 1.38 bits per heavy atom. The summed E-state index contributed by atoms with van der Waals surface area (Å²) in [6.45, 7) is 12.0. The fraction of sp³-hybridized carbons (Fsp3) is 1.00. The first-order valence-electron chi connectivity index (χ1n) is 6.49. The lowest BCUT2D eigenvalue weighted by Gasteiger charge is -2.27. The van der Waals surface area contributed by atoms with Gasteiger partial charge in [0.25, 0.3) is 0 Å². The van der Waals surface area contributed by atoms with Gasteiger partial charge in [0.1, 0.15) is 0 Å². The number of rotatable bonds is 8. The lowest BCUT2D eigenvalue weighted by molar-refractivity contribution is 0.0157. The van der Waals surface area contributed by atoms with Crippen LogP contribution in [0.15, 0.2) is 0 Å². The zero-order chi connectivity index (χ0) is 11.6. The topological polar surface area (TPSA) is 33.7 Å². The summed E-state index contributed by atoms with van der Waals surface area (Å²) in [5.74, 6) is 0. The van der Waals surface area contributed by atoms with Crippen molar-refractivity contribution in [3.8, 4) is 0 Å². The molecule has 0 aromatic carbocycles. The third-order valence-corrected chi connectivity index (χ3v) is 2.97. The van der Waals surface area contributed by atoms with Crippen molar-refractivity contribution in [3.63, 3.8) is 0 Å². The van der Waals surface area contributed by atoms with E-state index in [0.29, 0.717) is 6.10 Å². The molecule has 96 valence electrons. The van der Waals surface area contributed by atoms with Crippen LogP contribution in [0.1, 0.15) is 20.3 Å². The highest BCUT2D eigenvalue weighted by molar-refractivity contribution is 4.69. The maximum atomic E-state index is 5.68. The molecule has 0 aromatic heterocycles. The second-order valence-corrected chi connectivity index (χ2v) is 4.12. The summed E-state index contributed by atoms with van der Waals surface area (Å²) >= 11 is 0. The van der Waals surface area contributed by atoms with E-state index in [2.05, 4.69) is 17.1 Å². The first kappa shape index (κ1) is 13.9. The van der Waals surface area contributed by atoms with Gasteiger partial charge in [0.15, 0.2) is 0 Å². The number of likely N-dealkylation sites (N-methyl/N-ethyl adjacent to an activating group) is 1. The Kier molecular flexibility index (Phi) is 7.76. The van der Waals surface area contributed by atoms with Gasteiger partial charge in [-0.3, -0.25) is 0 Å². The molecule has 0 saturated carbocycles. The Labute approximate surface area is 99.3 Å². The molecule has 1 atom stereocenters. The van der Waals surface area contributed by atoms with E-state index in [4.69, 9.17) is 9.47 Å². The Morgan fingerprint density at radius 3 is 2.88 bits per heavy atom. The Morgan fingerprint density at radius 2 is 2.25 bits per heavy atom. The predicted molar refractivity (Wildman–Crippen MR) is 65.8 cm³/mol. The maximum Gasteiger partial charge on any atom is 0.0712 e. The zero-order valence-electron chi connectivity index (χ0n) is 10.7. The molecule has 16 heavy (non-hydrogen) atoms. The van der Waals surface area contributed by atoms with Crippen molar-refractivity contribution >= 4 is 0 Å². The van der Waals surface area contributed by atoms with Gasteiger partial charge in [0.05, 0.1) is 19.3 Å². The molecular weight excluding hydrogens is 204 g/mol. The highest BCUT2D eigenvalue weighted by atomic mass is 16.5. The van der Waals surface area contributed by atoms with Crippen molar-refractivity contribution in [3.05, 3.63) is 0 Å². The van der Waals surface area contributed by atoms with Crippen molar-refractivity contribution in [1.29, 1.82) is 0 Å². The van der Waals surface area contributed by atoms with Crippen LogP contribution in [0.2, 0.25) is 0 Å². The Bertz CT molecular complexity index is 161. The van der Waals surface area contributed by atoms with Crippen molar-refractivity contribution in [2.45, 2.75) is 26.4 Å².